The van der Waals surface area contributed by atoms with E-state index >= 15 is 0 Å². The Kier molecular flexibility index (Phi) is 6.37. The lowest BCUT2D eigenvalue weighted by atomic mass is 9.74. The van der Waals surface area contributed by atoms with Crippen molar-refractivity contribution in [2.75, 3.05) is 13.6 Å². The van der Waals surface area contributed by atoms with Crippen molar-refractivity contribution in [1.29, 1.82) is 0 Å². The van der Waals surface area contributed by atoms with Crippen molar-refractivity contribution in [3.8, 4) is 0 Å². The zero-order valence-electron chi connectivity index (χ0n) is 17.2. The Bertz CT molecular complexity index is 851. The molecule has 1 heterocycles. The van der Waals surface area contributed by atoms with Gasteiger partial charge >= 0.3 is 0 Å². The highest BCUT2D eigenvalue weighted by Crippen LogP contribution is 2.39. The summed E-state index contributed by atoms with van der Waals surface area (Å²) < 4.78 is 5.16. The summed E-state index contributed by atoms with van der Waals surface area (Å²) in [5.74, 6) is 0.0943. The number of carbonyl (C=O) groups is 2. The Morgan fingerprint density at radius 1 is 1.28 bits per heavy atom. The number of hydrogen-bond acceptors (Lipinski definition) is 5. The average molecular weight is 399 g/mol. The largest absolute Gasteiger partial charge is 0.448 e. The first-order valence-corrected chi connectivity index (χ1v) is 10.00. The second-order valence-corrected chi connectivity index (χ2v) is 7.94. The van der Waals surface area contributed by atoms with E-state index in [1.165, 1.54) is 13.2 Å². The normalized spacial score (nSPS) is 24.6. The Morgan fingerprint density at radius 3 is 2.59 bits per heavy atom. The monoisotopic (exact) mass is 399 g/mol. The van der Waals surface area contributed by atoms with Crippen LogP contribution >= 0.6 is 0 Å². The summed E-state index contributed by atoms with van der Waals surface area (Å²) in [4.78, 5) is 30.1. The van der Waals surface area contributed by atoms with Crippen molar-refractivity contribution in [3.05, 3.63) is 53.7 Å². The van der Waals surface area contributed by atoms with Gasteiger partial charge < -0.3 is 19.7 Å². The number of rotatable bonds is 5. The minimum absolute atomic E-state index is 0.0738. The first-order chi connectivity index (χ1) is 13.8. The van der Waals surface area contributed by atoms with Crippen molar-refractivity contribution in [3.63, 3.8) is 0 Å². The van der Waals surface area contributed by atoms with Crippen LogP contribution in [0.25, 0.3) is 0 Å². The van der Waals surface area contributed by atoms with Crippen LogP contribution in [0.2, 0.25) is 0 Å². The highest BCUT2D eigenvalue weighted by molar-refractivity contribution is 5.92. The molecule has 1 fully saturated rings. The molecular formula is C22H29N3O4. The molecule has 3 rings (SSSR count). The minimum Gasteiger partial charge on any atom is -0.448 e. The number of aryl methyl sites for hydroxylation is 1. The second kappa shape index (κ2) is 8.78. The van der Waals surface area contributed by atoms with Crippen LogP contribution in [-0.4, -0.2) is 52.5 Å². The zero-order valence-corrected chi connectivity index (χ0v) is 17.2. The van der Waals surface area contributed by atoms with Crippen LogP contribution in [0.3, 0.4) is 0 Å². The van der Waals surface area contributed by atoms with E-state index in [9.17, 15) is 14.7 Å². The summed E-state index contributed by atoms with van der Waals surface area (Å²) in [6.45, 7) is 3.71. The summed E-state index contributed by atoms with van der Waals surface area (Å²) in [7, 11) is 1.70. The van der Waals surface area contributed by atoms with E-state index in [0.29, 0.717) is 25.3 Å². The van der Waals surface area contributed by atoms with Gasteiger partial charge in [-0.3, -0.25) is 9.59 Å². The quantitative estimate of drug-likeness (QED) is 0.753. The van der Waals surface area contributed by atoms with E-state index in [-0.39, 0.29) is 29.0 Å². The van der Waals surface area contributed by atoms with Gasteiger partial charge in [-0.25, -0.2) is 4.98 Å². The van der Waals surface area contributed by atoms with Gasteiger partial charge in [0.05, 0.1) is 12.1 Å². The number of aliphatic hydroxyl groups excluding tert-OH is 1. The summed E-state index contributed by atoms with van der Waals surface area (Å²) in [5, 5.41) is 13.8. The summed E-state index contributed by atoms with van der Waals surface area (Å²) in [6, 6.07) is 9.76. The predicted octanol–water partition coefficient (Wildman–Crippen LogP) is 2.43. The van der Waals surface area contributed by atoms with Crippen LogP contribution < -0.4 is 5.32 Å². The number of nitrogens with zero attached hydrogens (tertiary/aromatic N) is 2. The first kappa shape index (κ1) is 21.0. The zero-order chi connectivity index (χ0) is 21.0. The molecule has 1 aromatic heterocycles. The number of hydrogen-bond donors (Lipinski definition) is 2. The topological polar surface area (TPSA) is 95.7 Å². The minimum atomic E-state index is -0.653. The molecule has 2 aromatic rings. The van der Waals surface area contributed by atoms with E-state index in [1.807, 2.05) is 18.2 Å². The maximum absolute atomic E-state index is 12.8. The molecular weight excluding hydrogens is 370 g/mol. The molecule has 0 saturated heterocycles. The maximum Gasteiger partial charge on any atom is 0.275 e. The smallest absolute Gasteiger partial charge is 0.275 e. The molecule has 0 aliphatic heterocycles. The second-order valence-electron chi connectivity index (χ2n) is 7.94. The van der Waals surface area contributed by atoms with Gasteiger partial charge in [0.1, 0.15) is 6.26 Å². The number of carbonyl (C=O) groups excluding carboxylic acids is 2. The van der Waals surface area contributed by atoms with Gasteiger partial charge in [0.15, 0.2) is 11.6 Å². The molecule has 0 spiro atoms. The molecule has 156 valence electrons. The summed E-state index contributed by atoms with van der Waals surface area (Å²) in [6.07, 6.45) is 3.32. The fraction of sp³-hybridized carbons (Fsp3) is 0.500. The van der Waals surface area contributed by atoms with E-state index in [0.717, 1.165) is 18.4 Å². The molecule has 0 bridgehead atoms. The van der Waals surface area contributed by atoms with Gasteiger partial charge in [-0.15, -0.1) is 0 Å². The van der Waals surface area contributed by atoms with Gasteiger partial charge in [-0.1, -0.05) is 30.3 Å². The number of benzene rings is 1. The Balaban J connectivity index is 1.82. The molecule has 3 atom stereocenters. The van der Waals surface area contributed by atoms with Gasteiger partial charge in [-0.2, -0.15) is 0 Å². The number of amides is 2. The molecule has 1 aliphatic rings. The lowest BCUT2D eigenvalue weighted by Crippen LogP contribution is -2.44. The molecule has 0 unspecified atom stereocenters. The van der Waals surface area contributed by atoms with Crippen LogP contribution in [0, 0.1) is 6.92 Å². The van der Waals surface area contributed by atoms with Gasteiger partial charge in [0, 0.05) is 32.9 Å². The molecule has 7 heteroatoms. The Morgan fingerprint density at radius 2 is 1.97 bits per heavy atom. The summed E-state index contributed by atoms with van der Waals surface area (Å²) >= 11 is 0. The summed E-state index contributed by atoms with van der Waals surface area (Å²) in [5.41, 5.74) is 1.11. The molecule has 7 nitrogen and oxygen atoms in total. The fourth-order valence-electron chi connectivity index (χ4n) is 4.26. The Hall–Kier alpha value is -2.67. The van der Waals surface area contributed by atoms with Crippen LogP contribution in [0.15, 0.2) is 41.0 Å². The van der Waals surface area contributed by atoms with Crippen molar-refractivity contribution < 1.29 is 19.1 Å². The molecule has 1 saturated carbocycles. The van der Waals surface area contributed by atoms with Crippen LogP contribution in [-0.2, 0) is 10.2 Å². The molecule has 0 radical (unpaired) electrons. The Labute approximate surface area is 171 Å². The van der Waals surface area contributed by atoms with E-state index in [2.05, 4.69) is 22.4 Å². The lowest BCUT2D eigenvalue weighted by Gasteiger charge is -2.34. The number of likely N-dealkylation sites (N-methyl/N-ethyl adjacent to an activating group) is 1. The standard InChI is InChI=1S/C22H29N3O4/c1-15(26)23-14-22(17-7-5-4-6-8-17)11-9-19(20(27)10-12-22)25(3)21(28)18-13-29-16(2)24-18/h4-8,13,19-20,27H,9-12,14H2,1-3H3,(H,23,26)/t19-,20-,22-/m1/s1. The third kappa shape index (κ3) is 4.67. The van der Waals surface area contributed by atoms with Crippen LogP contribution in [0.5, 0.6) is 0 Å². The predicted molar refractivity (Wildman–Crippen MR) is 108 cm³/mol. The maximum atomic E-state index is 12.8. The fourth-order valence-corrected chi connectivity index (χ4v) is 4.26. The van der Waals surface area contributed by atoms with Gasteiger partial charge in [-0.05, 0) is 31.2 Å². The van der Waals surface area contributed by atoms with E-state index in [1.54, 1.807) is 18.9 Å². The number of oxazole rings is 1. The number of aromatic nitrogens is 1. The highest BCUT2D eigenvalue weighted by atomic mass is 16.3. The average Bonchev–Trinajstić information content (AvgIpc) is 3.07. The third-order valence-corrected chi connectivity index (χ3v) is 6.00. The van der Waals surface area contributed by atoms with E-state index in [4.69, 9.17) is 4.42 Å². The molecule has 1 aromatic carbocycles. The highest BCUT2D eigenvalue weighted by Gasteiger charge is 2.40. The van der Waals surface area contributed by atoms with Crippen LogP contribution in [0.4, 0.5) is 0 Å². The first-order valence-electron chi connectivity index (χ1n) is 10.00. The van der Waals surface area contributed by atoms with Gasteiger partial charge in [0.2, 0.25) is 5.91 Å². The SMILES string of the molecule is CC(=O)NC[C@]1(c2ccccc2)CC[C@@H](O)[C@H](N(C)C(=O)c2coc(C)n2)CC1. The van der Waals surface area contributed by atoms with Crippen molar-refractivity contribution in [2.24, 2.45) is 0 Å². The molecule has 2 amide bonds. The van der Waals surface area contributed by atoms with Gasteiger partial charge in [0.25, 0.3) is 5.91 Å². The van der Waals surface area contributed by atoms with E-state index < -0.39 is 6.10 Å². The van der Waals surface area contributed by atoms with Crippen molar-refractivity contribution in [1.82, 2.24) is 15.2 Å². The number of nitrogens with one attached hydrogen (secondary N) is 1. The van der Waals surface area contributed by atoms with Crippen molar-refractivity contribution >= 4 is 11.8 Å². The van der Waals surface area contributed by atoms with Crippen LogP contribution in [0.1, 0.15) is 54.5 Å². The third-order valence-electron chi connectivity index (χ3n) is 6.00. The lowest BCUT2D eigenvalue weighted by molar-refractivity contribution is -0.119. The van der Waals surface area contributed by atoms with Crippen molar-refractivity contribution in [2.45, 2.75) is 57.1 Å². The molecule has 2 N–H and O–H groups in total. The molecule has 1 aliphatic carbocycles. The number of aliphatic hydroxyl groups is 1. The molecule has 29 heavy (non-hydrogen) atoms.